The van der Waals surface area contributed by atoms with Crippen molar-refractivity contribution in [3.63, 3.8) is 0 Å². The second-order valence-electron chi connectivity index (χ2n) is 7.52. The summed E-state index contributed by atoms with van der Waals surface area (Å²) in [5.74, 6) is 3.15. The number of aromatic nitrogens is 5. The van der Waals surface area contributed by atoms with Crippen molar-refractivity contribution in [2.75, 3.05) is 31.1 Å². The van der Waals surface area contributed by atoms with E-state index < -0.39 is 0 Å². The van der Waals surface area contributed by atoms with E-state index in [0.717, 1.165) is 37.8 Å². The Labute approximate surface area is 162 Å². The summed E-state index contributed by atoms with van der Waals surface area (Å²) >= 11 is 0. The monoisotopic (exact) mass is 379 g/mol. The van der Waals surface area contributed by atoms with Crippen LogP contribution in [0.4, 0.5) is 5.82 Å². The van der Waals surface area contributed by atoms with Gasteiger partial charge in [-0.25, -0.2) is 14.6 Å². The number of anilines is 1. The minimum atomic E-state index is 0.0280. The van der Waals surface area contributed by atoms with E-state index in [0.29, 0.717) is 28.9 Å². The fraction of sp³-hybridized carbons (Fsp3) is 0.421. The van der Waals surface area contributed by atoms with Gasteiger partial charge in [-0.15, -0.1) is 0 Å². The van der Waals surface area contributed by atoms with E-state index in [9.17, 15) is 4.79 Å². The predicted octanol–water partition coefficient (Wildman–Crippen LogP) is 1.48. The predicted molar refractivity (Wildman–Crippen MR) is 100 cm³/mol. The molecule has 5 rings (SSSR count). The number of carbonyl (C=O) groups is 1. The second-order valence-corrected chi connectivity index (χ2v) is 7.52. The molecule has 0 saturated carbocycles. The lowest BCUT2D eigenvalue weighted by Crippen LogP contribution is -2.34. The molecule has 0 aromatic carbocycles. The Hall–Kier alpha value is -3.23. The Morgan fingerprint density at radius 2 is 1.86 bits per heavy atom. The first kappa shape index (κ1) is 16.9. The summed E-state index contributed by atoms with van der Waals surface area (Å²) in [6, 6.07) is 3.83. The quantitative estimate of drug-likeness (QED) is 0.680. The minimum absolute atomic E-state index is 0.0280. The van der Waals surface area contributed by atoms with Gasteiger partial charge in [0.25, 0.3) is 5.91 Å². The summed E-state index contributed by atoms with van der Waals surface area (Å²) in [6.45, 7) is 6.87. The van der Waals surface area contributed by atoms with Crippen LogP contribution in [-0.4, -0.2) is 61.9 Å². The molecule has 28 heavy (non-hydrogen) atoms. The molecule has 9 nitrogen and oxygen atoms in total. The molecule has 5 heterocycles. The average molecular weight is 379 g/mol. The summed E-state index contributed by atoms with van der Waals surface area (Å²) in [7, 11) is 0. The van der Waals surface area contributed by atoms with Crippen molar-refractivity contribution in [1.29, 1.82) is 0 Å². The van der Waals surface area contributed by atoms with Gasteiger partial charge in [-0.3, -0.25) is 4.79 Å². The van der Waals surface area contributed by atoms with Crippen LogP contribution in [0.2, 0.25) is 0 Å². The molecule has 2 aliphatic rings. The van der Waals surface area contributed by atoms with Crippen LogP contribution in [0, 0.1) is 25.7 Å². The second kappa shape index (κ2) is 6.43. The highest BCUT2D eigenvalue weighted by Crippen LogP contribution is 2.34. The largest absolute Gasteiger partial charge is 0.361 e. The molecule has 2 aliphatic heterocycles. The summed E-state index contributed by atoms with van der Waals surface area (Å²) in [4.78, 5) is 25.9. The van der Waals surface area contributed by atoms with Crippen LogP contribution in [0.5, 0.6) is 0 Å². The van der Waals surface area contributed by atoms with Gasteiger partial charge in [-0.1, -0.05) is 5.16 Å². The number of amides is 1. The number of nitrogens with zero attached hydrogens (tertiary/aromatic N) is 7. The molecular formula is C19H21N7O2. The Morgan fingerprint density at radius 1 is 1.11 bits per heavy atom. The molecule has 144 valence electrons. The normalized spacial score (nSPS) is 21.4. The van der Waals surface area contributed by atoms with Crippen LogP contribution in [0.15, 0.2) is 35.4 Å². The van der Waals surface area contributed by atoms with Crippen molar-refractivity contribution in [2.24, 2.45) is 11.8 Å². The summed E-state index contributed by atoms with van der Waals surface area (Å²) in [5, 5.41) is 8.14. The molecule has 1 amide bonds. The highest BCUT2D eigenvalue weighted by atomic mass is 16.5. The lowest BCUT2D eigenvalue weighted by molar-refractivity contribution is 0.0780. The molecule has 2 unspecified atom stereocenters. The minimum Gasteiger partial charge on any atom is -0.361 e. The lowest BCUT2D eigenvalue weighted by Gasteiger charge is -2.22. The van der Waals surface area contributed by atoms with E-state index in [1.54, 1.807) is 24.1 Å². The van der Waals surface area contributed by atoms with Gasteiger partial charge in [0.1, 0.15) is 23.5 Å². The molecule has 0 N–H and O–H groups in total. The molecule has 0 bridgehead atoms. The fourth-order valence-corrected chi connectivity index (χ4v) is 4.33. The highest BCUT2D eigenvalue weighted by molar-refractivity contribution is 5.96. The van der Waals surface area contributed by atoms with Crippen LogP contribution in [0.3, 0.4) is 0 Å². The average Bonchev–Trinajstić information content (AvgIpc) is 3.46. The summed E-state index contributed by atoms with van der Waals surface area (Å²) < 4.78 is 6.89. The van der Waals surface area contributed by atoms with E-state index in [4.69, 9.17) is 4.52 Å². The van der Waals surface area contributed by atoms with Crippen LogP contribution < -0.4 is 4.90 Å². The molecular weight excluding hydrogens is 358 g/mol. The number of fused-ring (bicyclic) bond motifs is 1. The van der Waals surface area contributed by atoms with Crippen LogP contribution in [-0.2, 0) is 0 Å². The lowest BCUT2D eigenvalue weighted by atomic mass is 10.0. The molecule has 2 saturated heterocycles. The SMILES string of the molecule is Cc1noc(C)c1C(=O)N1CC2CN(c3cc(-n4cccn4)ncn3)CC2C1. The van der Waals surface area contributed by atoms with Crippen LogP contribution in [0.1, 0.15) is 21.8 Å². The smallest absolute Gasteiger partial charge is 0.259 e. The third kappa shape index (κ3) is 2.74. The number of hydrogen-bond donors (Lipinski definition) is 0. The maximum absolute atomic E-state index is 12.9. The van der Waals surface area contributed by atoms with E-state index in [1.807, 2.05) is 30.2 Å². The first-order valence-electron chi connectivity index (χ1n) is 9.39. The zero-order chi connectivity index (χ0) is 19.3. The van der Waals surface area contributed by atoms with Gasteiger partial charge >= 0.3 is 0 Å². The van der Waals surface area contributed by atoms with Crippen molar-refractivity contribution >= 4 is 11.7 Å². The molecule has 2 fully saturated rings. The molecule has 3 aromatic heterocycles. The zero-order valence-corrected chi connectivity index (χ0v) is 15.8. The van der Waals surface area contributed by atoms with Gasteiger partial charge in [0.2, 0.25) is 0 Å². The van der Waals surface area contributed by atoms with Gasteiger partial charge in [-0.05, 0) is 19.9 Å². The Bertz CT molecular complexity index is 980. The van der Waals surface area contributed by atoms with Crippen molar-refractivity contribution in [3.05, 3.63) is 47.9 Å². The highest BCUT2D eigenvalue weighted by Gasteiger charge is 2.43. The van der Waals surface area contributed by atoms with Crippen molar-refractivity contribution in [3.8, 4) is 5.82 Å². The summed E-state index contributed by atoms with van der Waals surface area (Å²) in [5.41, 5.74) is 1.27. The van der Waals surface area contributed by atoms with Gasteiger partial charge in [-0.2, -0.15) is 5.10 Å². The number of carbonyl (C=O) groups excluding carboxylic acids is 1. The number of hydrogen-bond acceptors (Lipinski definition) is 7. The summed E-state index contributed by atoms with van der Waals surface area (Å²) in [6.07, 6.45) is 5.17. The van der Waals surface area contributed by atoms with E-state index in [2.05, 4.69) is 25.1 Å². The maximum Gasteiger partial charge on any atom is 0.259 e. The van der Waals surface area contributed by atoms with Gasteiger partial charge in [0.15, 0.2) is 5.82 Å². The Kier molecular flexibility index (Phi) is 3.88. The first-order chi connectivity index (χ1) is 13.6. The topological polar surface area (TPSA) is 93.2 Å². The standard InChI is InChI=1S/C19H21N7O2/c1-12-18(13(2)28-23-12)19(27)25-9-14-7-24(8-15(14)10-25)16-6-17(21-11-20-16)26-5-3-4-22-26/h3-6,11,14-15H,7-10H2,1-2H3. The molecule has 0 radical (unpaired) electrons. The van der Waals surface area contributed by atoms with Crippen molar-refractivity contribution in [1.82, 2.24) is 29.8 Å². The molecule has 3 aromatic rings. The Balaban J connectivity index is 1.29. The van der Waals surface area contributed by atoms with Crippen molar-refractivity contribution in [2.45, 2.75) is 13.8 Å². The molecule has 9 heteroatoms. The van der Waals surface area contributed by atoms with Crippen LogP contribution >= 0.6 is 0 Å². The van der Waals surface area contributed by atoms with E-state index in [-0.39, 0.29) is 5.91 Å². The molecule has 2 atom stereocenters. The number of aryl methyl sites for hydroxylation is 2. The number of likely N-dealkylation sites (tertiary alicyclic amines) is 1. The van der Waals surface area contributed by atoms with Crippen LogP contribution in [0.25, 0.3) is 5.82 Å². The van der Waals surface area contributed by atoms with Gasteiger partial charge in [0, 0.05) is 56.5 Å². The van der Waals surface area contributed by atoms with Crippen molar-refractivity contribution < 1.29 is 9.32 Å². The third-order valence-electron chi connectivity index (χ3n) is 5.72. The van der Waals surface area contributed by atoms with Gasteiger partial charge < -0.3 is 14.3 Å². The Morgan fingerprint density at radius 3 is 2.50 bits per heavy atom. The fourth-order valence-electron chi connectivity index (χ4n) is 4.33. The van der Waals surface area contributed by atoms with Gasteiger partial charge in [0.05, 0.1) is 5.69 Å². The van der Waals surface area contributed by atoms with E-state index in [1.165, 1.54) is 0 Å². The molecule has 0 aliphatic carbocycles. The maximum atomic E-state index is 12.9. The first-order valence-corrected chi connectivity index (χ1v) is 9.39. The third-order valence-corrected chi connectivity index (χ3v) is 5.72. The molecule has 0 spiro atoms. The van der Waals surface area contributed by atoms with E-state index >= 15 is 0 Å². The number of rotatable bonds is 3. The zero-order valence-electron chi connectivity index (χ0n) is 15.8.